The summed E-state index contributed by atoms with van der Waals surface area (Å²) in [5, 5.41) is 1.04. The second kappa shape index (κ2) is 14.8. The standard InChI is InChI=1S/C45H57ClO5/c1-28(2)10-9-11-29(3)31-14-17-37-34-16-15-32-22-33(18-21-45(32,5)38(34)19-20-44(37,4)26-31)50-43(48)27-49-41-25-40-36(23-39(41)46)35(24-42(47)51-40)30-12-7-6-8-13-30/h6-8,12-13,15,23-25,28-29,31,33-34,37-38H,9-11,14,16-22,26-27H2,1-5H3/t29-,31+,33+,34-,37+,38+,44+,45-/m0/s1. The molecule has 0 unspecified atom stereocenters. The summed E-state index contributed by atoms with van der Waals surface area (Å²) in [4.78, 5) is 25.5. The molecule has 0 aliphatic heterocycles. The number of halogens is 1. The average molecular weight is 713 g/mol. The van der Waals surface area contributed by atoms with Crippen LogP contribution >= 0.6 is 11.6 Å². The lowest BCUT2D eigenvalue weighted by Crippen LogP contribution is -2.52. The highest BCUT2D eigenvalue weighted by Gasteiger charge is 2.56. The van der Waals surface area contributed by atoms with Crippen LogP contribution in [0.4, 0.5) is 0 Å². The molecule has 2 aromatic carbocycles. The molecule has 0 spiro atoms. The first-order valence-electron chi connectivity index (χ1n) is 19.8. The molecule has 8 atom stereocenters. The van der Waals surface area contributed by atoms with Gasteiger partial charge in [-0.3, -0.25) is 0 Å². The van der Waals surface area contributed by atoms with Crippen molar-refractivity contribution in [3.63, 3.8) is 0 Å². The molecule has 0 amide bonds. The number of esters is 1. The van der Waals surface area contributed by atoms with Crippen LogP contribution in [0.3, 0.4) is 0 Å². The second-order valence-corrected chi connectivity index (χ2v) is 18.0. The molecule has 6 heteroatoms. The zero-order valence-corrected chi connectivity index (χ0v) is 32.1. The van der Waals surface area contributed by atoms with Gasteiger partial charge in [0.05, 0.1) is 5.02 Å². The predicted molar refractivity (Wildman–Crippen MR) is 206 cm³/mol. The summed E-state index contributed by atoms with van der Waals surface area (Å²) in [5.41, 5.74) is 3.69. The smallest absolute Gasteiger partial charge is 0.344 e. The minimum atomic E-state index is -0.464. The molecular weight excluding hydrogens is 656 g/mol. The number of hydrogen-bond donors (Lipinski definition) is 0. The second-order valence-electron chi connectivity index (χ2n) is 17.6. The Hall–Kier alpha value is -3.05. The molecule has 3 aromatic rings. The van der Waals surface area contributed by atoms with Gasteiger partial charge in [0.25, 0.3) is 0 Å². The summed E-state index contributed by atoms with van der Waals surface area (Å²) in [7, 11) is 0. The highest BCUT2D eigenvalue weighted by Crippen LogP contribution is 2.65. The van der Waals surface area contributed by atoms with E-state index in [-0.39, 0.29) is 23.9 Å². The van der Waals surface area contributed by atoms with Crippen molar-refractivity contribution in [1.82, 2.24) is 0 Å². The Balaban J connectivity index is 0.959. The van der Waals surface area contributed by atoms with Gasteiger partial charge in [-0.15, -0.1) is 0 Å². The SMILES string of the molecule is CC(C)CCC[C@H](C)[C@@H]1CC[C@@H]2[C@@H]3CC=C4C[C@H](OC(=O)COc5cc6oc(=O)cc(-c7ccccc7)c6cc5Cl)CC[C@]4(C)[C@@H]3CC[C@]2(C)C1. The fraction of sp³-hybridized carbons (Fsp3) is 0.600. The number of rotatable bonds is 10. The molecule has 4 aliphatic carbocycles. The van der Waals surface area contributed by atoms with Crippen molar-refractivity contribution in [2.45, 2.75) is 118 Å². The Morgan fingerprint density at radius 1 is 0.980 bits per heavy atom. The molecule has 0 saturated heterocycles. The van der Waals surface area contributed by atoms with Crippen molar-refractivity contribution in [1.29, 1.82) is 0 Å². The molecule has 1 heterocycles. The van der Waals surface area contributed by atoms with Gasteiger partial charge >= 0.3 is 11.6 Å². The van der Waals surface area contributed by atoms with E-state index in [2.05, 4.69) is 40.7 Å². The fourth-order valence-corrected chi connectivity index (χ4v) is 11.3. The fourth-order valence-electron chi connectivity index (χ4n) is 11.1. The van der Waals surface area contributed by atoms with Crippen LogP contribution in [0.1, 0.15) is 112 Å². The van der Waals surface area contributed by atoms with Crippen LogP contribution in [0.5, 0.6) is 5.75 Å². The zero-order valence-electron chi connectivity index (χ0n) is 31.3. The van der Waals surface area contributed by atoms with Gasteiger partial charge in [-0.25, -0.2) is 9.59 Å². The van der Waals surface area contributed by atoms with E-state index in [1.54, 1.807) is 12.1 Å². The van der Waals surface area contributed by atoms with Crippen molar-refractivity contribution in [3.8, 4) is 16.9 Å². The van der Waals surface area contributed by atoms with Crippen molar-refractivity contribution in [2.24, 2.45) is 46.3 Å². The molecule has 0 radical (unpaired) electrons. The minimum Gasteiger partial charge on any atom is -0.480 e. The van der Waals surface area contributed by atoms with Gasteiger partial charge in [0.15, 0.2) is 6.61 Å². The van der Waals surface area contributed by atoms with Crippen LogP contribution < -0.4 is 10.4 Å². The Labute approximate surface area is 309 Å². The maximum Gasteiger partial charge on any atom is 0.344 e. The van der Waals surface area contributed by atoms with Gasteiger partial charge in [0, 0.05) is 23.9 Å². The van der Waals surface area contributed by atoms with E-state index < -0.39 is 11.6 Å². The molecule has 51 heavy (non-hydrogen) atoms. The molecular formula is C45H57ClO5. The first-order chi connectivity index (χ1) is 24.4. The Morgan fingerprint density at radius 3 is 2.57 bits per heavy atom. The van der Waals surface area contributed by atoms with Gasteiger partial charge < -0.3 is 13.9 Å². The Morgan fingerprint density at radius 2 is 1.78 bits per heavy atom. The molecule has 274 valence electrons. The summed E-state index contributed by atoms with van der Waals surface area (Å²) in [6.07, 6.45) is 17.4. The van der Waals surface area contributed by atoms with Crippen LogP contribution in [0.15, 0.2) is 69.4 Å². The lowest BCUT2D eigenvalue weighted by atomic mass is 9.44. The molecule has 7 rings (SSSR count). The normalized spacial score (nSPS) is 30.9. The number of allylic oxidation sites excluding steroid dienone is 1. The summed E-state index contributed by atoms with van der Waals surface area (Å²) in [6, 6.07) is 14.4. The van der Waals surface area contributed by atoms with E-state index >= 15 is 0 Å². The molecule has 3 fully saturated rings. The first-order valence-corrected chi connectivity index (χ1v) is 20.2. The lowest BCUT2D eigenvalue weighted by molar-refractivity contribution is -0.154. The van der Waals surface area contributed by atoms with Crippen molar-refractivity contribution < 1.29 is 18.7 Å². The third-order valence-corrected chi connectivity index (χ3v) is 14.2. The highest BCUT2D eigenvalue weighted by molar-refractivity contribution is 6.33. The van der Waals surface area contributed by atoms with E-state index in [9.17, 15) is 9.59 Å². The topological polar surface area (TPSA) is 65.7 Å². The number of benzene rings is 2. The van der Waals surface area contributed by atoms with Crippen LogP contribution in [0, 0.1) is 46.3 Å². The quantitative estimate of drug-likeness (QED) is 0.119. The summed E-state index contributed by atoms with van der Waals surface area (Å²) in [5.74, 6) is 4.76. The van der Waals surface area contributed by atoms with Crippen molar-refractivity contribution >= 4 is 28.5 Å². The molecule has 0 N–H and O–H groups in total. The molecule has 1 aromatic heterocycles. The van der Waals surface area contributed by atoms with E-state index in [0.29, 0.717) is 21.4 Å². The molecule has 0 bridgehead atoms. The highest BCUT2D eigenvalue weighted by atomic mass is 35.5. The average Bonchev–Trinajstić information content (AvgIpc) is 3.10. The number of ether oxygens (including phenoxy) is 2. The van der Waals surface area contributed by atoms with Crippen LogP contribution in [-0.4, -0.2) is 18.7 Å². The van der Waals surface area contributed by atoms with Crippen molar-refractivity contribution in [2.75, 3.05) is 6.61 Å². The summed E-state index contributed by atoms with van der Waals surface area (Å²) in [6.45, 7) is 12.1. The Kier molecular flexibility index (Phi) is 10.5. The third-order valence-electron chi connectivity index (χ3n) is 13.9. The van der Waals surface area contributed by atoms with Gasteiger partial charge in [0.2, 0.25) is 0 Å². The molecule has 4 aliphatic rings. The van der Waals surface area contributed by atoms with Crippen LogP contribution in [0.2, 0.25) is 5.02 Å². The van der Waals surface area contributed by atoms with Gasteiger partial charge in [0.1, 0.15) is 17.4 Å². The maximum atomic E-state index is 13.1. The Bertz CT molecular complexity index is 1810. The minimum absolute atomic E-state index is 0.142. The number of fused-ring (bicyclic) bond motifs is 6. The molecule has 3 saturated carbocycles. The summed E-state index contributed by atoms with van der Waals surface area (Å²) >= 11 is 6.62. The van der Waals surface area contributed by atoms with E-state index in [1.807, 2.05) is 30.3 Å². The lowest BCUT2D eigenvalue weighted by Gasteiger charge is -2.61. The first kappa shape index (κ1) is 36.3. The third kappa shape index (κ3) is 7.44. The van der Waals surface area contributed by atoms with Crippen LogP contribution in [0.25, 0.3) is 22.1 Å². The maximum absolute atomic E-state index is 13.1. The van der Waals surface area contributed by atoms with Gasteiger partial charge in [-0.2, -0.15) is 0 Å². The number of carbonyl (C=O) groups excluding carboxylic acids is 1. The van der Waals surface area contributed by atoms with Gasteiger partial charge in [-0.05, 0) is 115 Å². The number of hydrogen-bond acceptors (Lipinski definition) is 5. The monoisotopic (exact) mass is 712 g/mol. The van der Waals surface area contributed by atoms with E-state index in [4.69, 9.17) is 25.5 Å². The summed E-state index contributed by atoms with van der Waals surface area (Å²) < 4.78 is 17.4. The zero-order chi connectivity index (χ0) is 35.9. The van der Waals surface area contributed by atoms with E-state index in [1.165, 1.54) is 69.4 Å². The van der Waals surface area contributed by atoms with E-state index in [0.717, 1.165) is 65.9 Å². The van der Waals surface area contributed by atoms with Gasteiger partial charge in [-0.1, -0.05) is 107 Å². The number of carbonyl (C=O) groups is 1. The largest absolute Gasteiger partial charge is 0.480 e. The van der Waals surface area contributed by atoms with Crippen molar-refractivity contribution in [3.05, 3.63) is 75.6 Å². The molecule has 5 nitrogen and oxygen atoms in total. The predicted octanol–water partition coefficient (Wildman–Crippen LogP) is 11.8. The van der Waals surface area contributed by atoms with Crippen LogP contribution in [-0.2, 0) is 9.53 Å².